The maximum Gasteiger partial charge on any atom is 0.260 e. The number of likely N-dealkylation sites (tertiary alicyclic amines) is 1. The number of fused-ring (bicyclic) bond motifs is 1. The summed E-state index contributed by atoms with van der Waals surface area (Å²) >= 11 is 1.66. The van der Waals surface area contributed by atoms with E-state index >= 15 is 0 Å². The highest BCUT2D eigenvalue weighted by molar-refractivity contribution is 8.04. The van der Waals surface area contributed by atoms with Gasteiger partial charge in [-0.3, -0.25) is 9.59 Å². The Hall–Kier alpha value is -2.64. The lowest BCUT2D eigenvalue weighted by molar-refractivity contribution is -0.133. The summed E-state index contributed by atoms with van der Waals surface area (Å²) in [5.41, 5.74) is 1.90. The van der Waals surface area contributed by atoms with Gasteiger partial charge in [-0.15, -0.1) is 11.8 Å². The van der Waals surface area contributed by atoms with Crippen molar-refractivity contribution in [1.82, 2.24) is 15.1 Å². The predicted molar refractivity (Wildman–Crippen MR) is 156 cm³/mol. The molecule has 0 radical (unpaired) electrons. The van der Waals surface area contributed by atoms with E-state index < -0.39 is 0 Å². The van der Waals surface area contributed by atoms with Crippen LogP contribution in [-0.4, -0.2) is 59.1 Å². The lowest BCUT2D eigenvalue weighted by Crippen LogP contribution is -2.53. The Kier molecular flexibility index (Phi) is 9.75. The summed E-state index contributed by atoms with van der Waals surface area (Å²) in [5, 5.41) is 3.44. The molecule has 39 heavy (non-hydrogen) atoms. The van der Waals surface area contributed by atoms with E-state index in [9.17, 15) is 14.0 Å². The van der Waals surface area contributed by atoms with Crippen molar-refractivity contribution in [1.29, 1.82) is 0 Å². The normalized spacial score (nSPS) is 25.3. The number of amides is 2. The molecule has 2 aromatic rings. The Bertz CT molecular complexity index is 1130. The van der Waals surface area contributed by atoms with Gasteiger partial charge in [0.25, 0.3) is 5.91 Å². The SMILES string of the molecule is O=C(NCCCN1CCCCCC1)C1CCC2S/C(=C\c3ccccc3)C(=O)N(Cc3ccc(F)cc3)C2C1. The van der Waals surface area contributed by atoms with Crippen LogP contribution in [0, 0.1) is 11.7 Å². The molecule has 3 atom stereocenters. The van der Waals surface area contributed by atoms with Crippen LogP contribution < -0.4 is 5.32 Å². The number of carbonyl (C=O) groups excluding carboxylic acids is 2. The van der Waals surface area contributed by atoms with Crippen molar-refractivity contribution in [3.8, 4) is 0 Å². The van der Waals surface area contributed by atoms with Crippen molar-refractivity contribution >= 4 is 29.7 Å². The largest absolute Gasteiger partial charge is 0.356 e. The van der Waals surface area contributed by atoms with Gasteiger partial charge in [0.05, 0.1) is 4.91 Å². The zero-order valence-corrected chi connectivity index (χ0v) is 23.5. The zero-order valence-electron chi connectivity index (χ0n) is 22.7. The van der Waals surface area contributed by atoms with Crippen LogP contribution in [0.1, 0.15) is 62.5 Å². The van der Waals surface area contributed by atoms with Crippen molar-refractivity contribution in [3.63, 3.8) is 0 Å². The third-order valence-corrected chi connectivity index (χ3v) is 9.69. The zero-order chi connectivity index (χ0) is 27.0. The molecule has 2 aromatic carbocycles. The molecule has 2 heterocycles. The maximum absolute atomic E-state index is 13.8. The fourth-order valence-electron chi connectivity index (χ4n) is 6.12. The van der Waals surface area contributed by atoms with E-state index in [1.54, 1.807) is 23.9 Å². The van der Waals surface area contributed by atoms with Crippen LogP contribution >= 0.6 is 11.8 Å². The number of nitrogens with zero attached hydrogens (tertiary/aromatic N) is 2. The molecule has 3 unspecified atom stereocenters. The van der Waals surface area contributed by atoms with Crippen LogP contribution in [0.15, 0.2) is 59.5 Å². The first-order valence-corrected chi connectivity index (χ1v) is 15.4. The van der Waals surface area contributed by atoms with Gasteiger partial charge in [0.15, 0.2) is 0 Å². The number of hydrogen-bond acceptors (Lipinski definition) is 4. The lowest BCUT2D eigenvalue weighted by Gasteiger charge is -2.46. The second-order valence-electron chi connectivity index (χ2n) is 11.1. The van der Waals surface area contributed by atoms with Crippen LogP contribution in [0.5, 0.6) is 0 Å². The minimum Gasteiger partial charge on any atom is -0.356 e. The predicted octanol–water partition coefficient (Wildman–Crippen LogP) is 5.86. The summed E-state index contributed by atoms with van der Waals surface area (Å²) in [7, 11) is 0. The van der Waals surface area contributed by atoms with Gasteiger partial charge in [0.2, 0.25) is 5.91 Å². The minimum atomic E-state index is -0.285. The van der Waals surface area contributed by atoms with Crippen LogP contribution in [0.4, 0.5) is 4.39 Å². The van der Waals surface area contributed by atoms with Crippen molar-refractivity contribution in [2.75, 3.05) is 26.2 Å². The second kappa shape index (κ2) is 13.6. The van der Waals surface area contributed by atoms with Gasteiger partial charge in [0.1, 0.15) is 5.82 Å². The Morgan fingerprint density at radius 2 is 1.74 bits per heavy atom. The molecule has 3 fully saturated rings. The van der Waals surface area contributed by atoms with Crippen molar-refractivity contribution < 1.29 is 14.0 Å². The summed E-state index contributed by atoms with van der Waals surface area (Å²) in [4.78, 5) is 32.2. The monoisotopic (exact) mass is 549 g/mol. The molecule has 1 N–H and O–H groups in total. The van der Waals surface area contributed by atoms with Crippen molar-refractivity contribution in [3.05, 3.63) is 76.4 Å². The Morgan fingerprint density at radius 1 is 1.00 bits per heavy atom. The summed E-state index contributed by atoms with van der Waals surface area (Å²) in [6, 6.07) is 16.3. The average molecular weight is 550 g/mol. The second-order valence-corrected chi connectivity index (χ2v) is 12.4. The fourth-order valence-corrected chi connectivity index (χ4v) is 7.54. The topological polar surface area (TPSA) is 52.7 Å². The van der Waals surface area contributed by atoms with E-state index in [1.165, 1.54) is 50.9 Å². The molecule has 0 spiro atoms. The molecule has 208 valence electrons. The van der Waals surface area contributed by atoms with Crippen LogP contribution in [0.25, 0.3) is 6.08 Å². The Morgan fingerprint density at radius 3 is 2.49 bits per heavy atom. The van der Waals surface area contributed by atoms with Crippen molar-refractivity contribution in [2.45, 2.75) is 69.2 Å². The molecule has 1 aliphatic carbocycles. The highest BCUT2D eigenvalue weighted by atomic mass is 32.2. The molecular formula is C32H40FN3O2S. The van der Waals surface area contributed by atoms with Gasteiger partial charge < -0.3 is 15.1 Å². The lowest BCUT2D eigenvalue weighted by atomic mass is 9.83. The molecule has 1 saturated carbocycles. The Labute approximate surface area is 236 Å². The highest BCUT2D eigenvalue weighted by Crippen LogP contribution is 2.44. The average Bonchev–Trinajstić information content (AvgIpc) is 3.23. The van der Waals surface area contributed by atoms with E-state index in [4.69, 9.17) is 0 Å². The number of benzene rings is 2. The molecule has 2 aliphatic heterocycles. The number of hydrogen-bond donors (Lipinski definition) is 1. The molecular weight excluding hydrogens is 509 g/mol. The number of carbonyl (C=O) groups is 2. The minimum absolute atomic E-state index is 0.00654. The number of nitrogens with one attached hydrogen (secondary N) is 1. The van der Waals surface area contributed by atoms with Crippen LogP contribution in [0.3, 0.4) is 0 Å². The van der Waals surface area contributed by atoms with Gasteiger partial charge in [-0.25, -0.2) is 4.39 Å². The molecule has 5 rings (SSSR count). The summed E-state index contributed by atoms with van der Waals surface area (Å²) in [6.07, 6.45) is 10.6. The smallest absolute Gasteiger partial charge is 0.260 e. The number of halogens is 1. The quantitative estimate of drug-likeness (QED) is 0.331. The Balaban J connectivity index is 1.24. The molecule has 7 heteroatoms. The molecule has 2 saturated heterocycles. The molecule has 3 aliphatic rings. The fraction of sp³-hybridized carbons (Fsp3) is 0.500. The van der Waals surface area contributed by atoms with Crippen molar-refractivity contribution in [2.24, 2.45) is 5.92 Å². The highest BCUT2D eigenvalue weighted by Gasteiger charge is 2.44. The van der Waals surface area contributed by atoms with Gasteiger partial charge in [-0.2, -0.15) is 0 Å². The van der Waals surface area contributed by atoms with Crippen LogP contribution in [-0.2, 0) is 16.1 Å². The van der Waals surface area contributed by atoms with E-state index in [1.807, 2.05) is 41.3 Å². The van der Waals surface area contributed by atoms with Gasteiger partial charge in [-0.05, 0) is 87.5 Å². The molecule has 0 aromatic heterocycles. The summed E-state index contributed by atoms with van der Waals surface area (Å²) in [5.74, 6) is -0.262. The molecule has 2 amide bonds. The third-order valence-electron chi connectivity index (χ3n) is 8.29. The third kappa shape index (κ3) is 7.52. The maximum atomic E-state index is 13.8. The van der Waals surface area contributed by atoms with E-state index in [2.05, 4.69) is 10.2 Å². The standard InChI is InChI=1S/C32H40FN3O2S/c33-27-14-11-25(12-15-27)23-36-28-22-26(31(37)34-17-8-20-35-18-6-1-2-7-19-35)13-16-29(28)39-30(32(36)38)21-24-9-4-3-5-10-24/h3-5,9-12,14-15,21,26,28-29H,1-2,6-8,13,16-20,22-23H2,(H,34,37)/b30-21-. The number of rotatable bonds is 8. The summed E-state index contributed by atoms with van der Waals surface area (Å²) in [6.45, 7) is 4.52. The van der Waals surface area contributed by atoms with E-state index in [0.29, 0.717) is 19.5 Å². The van der Waals surface area contributed by atoms with E-state index in [-0.39, 0.29) is 34.8 Å². The first kappa shape index (κ1) is 27.9. The number of thioether (sulfide) groups is 1. The molecule has 0 bridgehead atoms. The van der Waals surface area contributed by atoms with Gasteiger partial charge in [0, 0.05) is 30.3 Å². The van der Waals surface area contributed by atoms with Gasteiger partial charge in [-0.1, -0.05) is 55.3 Å². The summed E-state index contributed by atoms with van der Waals surface area (Å²) < 4.78 is 13.6. The van der Waals surface area contributed by atoms with Gasteiger partial charge >= 0.3 is 0 Å². The molecule has 5 nitrogen and oxygen atoms in total. The van der Waals surface area contributed by atoms with Crippen LogP contribution in [0.2, 0.25) is 0 Å². The first-order valence-electron chi connectivity index (χ1n) is 14.6. The first-order chi connectivity index (χ1) is 19.1. The van der Waals surface area contributed by atoms with E-state index in [0.717, 1.165) is 41.8 Å².